The van der Waals surface area contributed by atoms with Gasteiger partial charge in [-0.15, -0.1) is 0 Å². The topological polar surface area (TPSA) is 39.3 Å². The summed E-state index contributed by atoms with van der Waals surface area (Å²) in [4.78, 5) is 20.3. The Balaban J connectivity index is 1.48. The van der Waals surface area contributed by atoms with Gasteiger partial charge >= 0.3 is 0 Å². The molecule has 0 aliphatic carbocycles. The van der Waals surface area contributed by atoms with Gasteiger partial charge in [-0.05, 0) is 68.0 Å². The quantitative estimate of drug-likeness (QED) is 0.771. The van der Waals surface area contributed by atoms with Gasteiger partial charge in [-0.2, -0.15) is 0 Å². The van der Waals surface area contributed by atoms with Crippen LogP contribution in [-0.2, 0) is 12.8 Å². The Morgan fingerprint density at radius 1 is 1.26 bits per heavy atom. The molecule has 0 radical (unpaired) electrons. The van der Waals surface area contributed by atoms with Crippen molar-refractivity contribution in [2.45, 2.75) is 32.6 Å². The van der Waals surface area contributed by atoms with Crippen LogP contribution in [0.3, 0.4) is 0 Å². The van der Waals surface area contributed by atoms with Gasteiger partial charge in [0.1, 0.15) is 5.69 Å². The first-order chi connectivity index (χ1) is 13.0. The summed E-state index contributed by atoms with van der Waals surface area (Å²) >= 11 is 5.96. The molecule has 27 heavy (non-hydrogen) atoms. The molecular formula is C22H30ClN3O. The molecule has 4 nitrogen and oxygen atoms in total. The van der Waals surface area contributed by atoms with Crippen molar-refractivity contribution in [2.24, 2.45) is 5.92 Å². The Labute approximate surface area is 167 Å². The van der Waals surface area contributed by atoms with Crippen molar-refractivity contribution in [1.82, 2.24) is 14.8 Å². The fourth-order valence-electron chi connectivity index (χ4n) is 3.89. The van der Waals surface area contributed by atoms with Gasteiger partial charge in [0.25, 0.3) is 5.91 Å². The fraction of sp³-hybridized carbons (Fsp3) is 0.500. The number of nitrogens with one attached hydrogen (secondary N) is 1. The lowest BCUT2D eigenvalue weighted by Gasteiger charge is -2.34. The number of aryl methyl sites for hydroxylation is 1. The third kappa shape index (κ3) is 5.60. The van der Waals surface area contributed by atoms with E-state index in [4.69, 9.17) is 11.6 Å². The van der Waals surface area contributed by atoms with Crippen molar-refractivity contribution < 1.29 is 4.79 Å². The van der Waals surface area contributed by atoms with Crippen LogP contribution in [0, 0.1) is 5.92 Å². The van der Waals surface area contributed by atoms with Crippen LogP contribution in [0.25, 0.3) is 0 Å². The molecule has 1 unspecified atom stereocenters. The molecule has 1 atom stereocenters. The lowest BCUT2D eigenvalue weighted by Crippen LogP contribution is -2.42. The minimum absolute atomic E-state index is 0.0907. The Morgan fingerprint density at radius 2 is 2.04 bits per heavy atom. The summed E-state index contributed by atoms with van der Waals surface area (Å²) in [7, 11) is 1.92. The second-order valence-electron chi connectivity index (χ2n) is 7.62. The van der Waals surface area contributed by atoms with Crippen molar-refractivity contribution >= 4 is 17.5 Å². The highest BCUT2D eigenvalue weighted by molar-refractivity contribution is 6.30. The zero-order chi connectivity index (χ0) is 19.2. The highest BCUT2D eigenvalue weighted by Gasteiger charge is 2.23. The molecule has 146 valence electrons. The maximum absolute atomic E-state index is 12.6. The van der Waals surface area contributed by atoms with Gasteiger partial charge in [-0.25, -0.2) is 0 Å². The van der Waals surface area contributed by atoms with E-state index in [2.05, 4.69) is 28.9 Å². The number of rotatable bonds is 7. The smallest absolute Gasteiger partial charge is 0.270 e. The van der Waals surface area contributed by atoms with Gasteiger partial charge < -0.3 is 14.8 Å². The molecule has 5 heteroatoms. The molecule has 2 heterocycles. The Hall–Kier alpha value is -1.78. The molecule has 1 aromatic heterocycles. The first kappa shape index (κ1) is 20.0. The second-order valence-corrected chi connectivity index (χ2v) is 8.06. The molecule has 1 aliphatic heterocycles. The van der Waals surface area contributed by atoms with Crippen LogP contribution in [-0.4, -0.2) is 53.9 Å². The number of hydrogen-bond acceptors (Lipinski definition) is 2. The van der Waals surface area contributed by atoms with Crippen molar-refractivity contribution in [3.63, 3.8) is 0 Å². The number of aromatic nitrogens is 1. The van der Waals surface area contributed by atoms with E-state index in [1.165, 1.54) is 18.4 Å². The second kappa shape index (κ2) is 9.43. The minimum Gasteiger partial charge on any atom is -0.354 e. The van der Waals surface area contributed by atoms with E-state index in [0.717, 1.165) is 49.7 Å². The Morgan fingerprint density at radius 3 is 2.74 bits per heavy atom. The molecule has 1 amide bonds. The number of likely N-dealkylation sites (tertiary alicyclic amines) is 1. The first-order valence-corrected chi connectivity index (χ1v) is 10.3. The van der Waals surface area contributed by atoms with E-state index in [9.17, 15) is 4.79 Å². The number of amides is 1. The predicted molar refractivity (Wildman–Crippen MR) is 111 cm³/mol. The highest BCUT2D eigenvalue weighted by atomic mass is 35.5. The van der Waals surface area contributed by atoms with Gasteiger partial charge in [0, 0.05) is 37.4 Å². The Kier molecular flexibility index (Phi) is 6.97. The van der Waals surface area contributed by atoms with Crippen LogP contribution in [0.4, 0.5) is 0 Å². The normalized spacial score (nSPS) is 17.8. The van der Waals surface area contributed by atoms with Crippen LogP contribution in [0.15, 0.2) is 36.4 Å². The monoisotopic (exact) mass is 387 g/mol. The van der Waals surface area contributed by atoms with E-state index in [1.807, 2.05) is 36.2 Å². The zero-order valence-electron chi connectivity index (χ0n) is 16.4. The molecule has 1 N–H and O–H groups in total. The molecule has 2 aromatic rings. The number of hydrogen-bond donors (Lipinski definition) is 1. The number of benzene rings is 1. The number of carbonyl (C=O) groups excluding carboxylic acids is 1. The van der Waals surface area contributed by atoms with Crippen LogP contribution >= 0.6 is 11.6 Å². The molecule has 3 rings (SSSR count). The van der Waals surface area contributed by atoms with E-state index in [0.29, 0.717) is 11.6 Å². The average Bonchev–Trinajstić information content (AvgIpc) is 3.16. The maximum Gasteiger partial charge on any atom is 0.270 e. The summed E-state index contributed by atoms with van der Waals surface area (Å²) in [5, 5.41) is 0.789. The molecule has 1 aliphatic rings. The largest absolute Gasteiger partial charge is 0.354 e. The van der Waals surface area contributed by atoms with Gasteiger partial charge in [0.2, 0.25) is 0 Å². The summed E-state index contributed by atoms with van der Waals surface area (Å²) in [6.07, 6.45) is 4.36. The van der Waals surface area contributed by atoms with Crippen molar-refractivity contribution in [1.29, 1.82) is 0 Å². The summed E-state index contributed by atoms with van der Waals surface area (Å²) in [6, 6.07) is 12.0. The van der Waals surface area contributed by atoms with E-state index in [1.54, 1.807) is 0 Å². The van der Waals surface area contributed by atoms with Crippen molar-refractivity contribution in [3.8, 4) is 0 Å². The Bertz CT molecular complexity index is 740. The van der Waals surface area contributed by atoms with E-state index < -0.39 is 0 Å². The molecule has 1 aromatic carbocycles. The molecular weight excluding hydrogens is 358 g/mol. The average molecular weight is 388 g/mol. The van der Waals surface area contributed by atoms with Gasteiger partial charge in [0.05, 0.1) is 0 Å². The lowest BCUT2D eigenvalue weighted by molar-refractivity contribution is 0.0725. The molecule has 0 spiro atoms. The van der Waals surface area contributed by atoms with Gasteiger partial charge in [0.15, 0.2) is 0 Å². The number of piperidine rings is 1. The molecule has 0 saturated carbocycles. The third-order valence-electron chi connectivity index (χ3n) is 5.47. The van der Waals surface area contributed by atoms with Crippen LogP contribution in [0.5, 0.6) is 0 Å². The SMILES string of the molecule is CCc1ccc(C(=O)N(C)CC2CCCN(CCc3ccc(Cl)cc3)C2)[nH]1. The van der Waals surface area contributed by atoms with Crippen LogP contribution in [0.1, 0.15) is 41.5 Å². The highest BCUT2D eigenvalue weighted by Crippen LogP contribution is 2.19. The number of carbonyl (C=O) groups is 1. The van der Waals surface area contributed by atoms with E-state index >= 15 is 0 Å². The molecule has 0 bridgehead atoms. The van der Waals surface area contributed by atoms with Gasteiger partial charge in [-0.1, -0.05) is 30.7 Å². The van der Waals surface area contributed by atoms with Crippen molar-refractivity contribution in [3.05, 3.63) is 58.4 Å². The zero-order valence-corrected chi connectivity index (χ0v) is 17.1. The first-order valence-electron chi connectivity index (χ1n) is 9.95. The number of H-pyrrole nitrogens is 1. The summed E-state index contributed by atoms with van der Waals surface area (Å²) in [5.41, 5.74) is 3.13. The van der Waals surface area contributed by atoms with Crippen LogP contribution < -0.4 is 0 Å². The number of halogens is 1. The minimum atomic E-state index is 0.0907. The van der Waals surface area contributed by atoms with Crippen molar-refractivity contribution in [2.75, 3.05) is 33.2 Å². The third-order valence-corrected chi connectivity index (χ3v) is 5.72. The summed E-state index contributed by atoms with van der Waals surface area (Å²) < 4.78 is 0. The standard InChI is InChI=1S/C22H30ClN3O/c1-3-20-10-11-21(24-20)22(27)25(2)15-18-5-4-13-26(16-18)14-12-17-6-8-19(23)9-7-17/h6-11,18,24H,3-5,12-16H2,1-2H3. The van der Waals surface area contributed by atoms with Crippen LogP contribution in [0.2, 0.25) is 5.02 Å². The molecule has 1 saturated heterocycles. The number of aromatic amines is 1. The predicted octanol–water partition coefficient (Wildman–Crippen LogP) is 4.26. The fourth-order valence-corrected chi connectivity index (χ4v) is 4.01. The van der Waals surface area contributed by atoms with E-state index in [-0.39, 0.29) is 5.91 Å². The molecule has 1 fully saturated rings. The lowest BCUT2D eigenvalue weighted by atomic mass is 9.97. The summed E-state index contributed by atoms with van der Waals surface area (Å²) in [6.45, 7) is 6.18. The number of nitrogens with zero attached hydrogens (tertiary/aromatic N) is 2. The summed E-state index contributed by atoms with van der Waals surface area (Å²) in [5.74, 6) is 0.631. The van der Waals surface area contributed by atoms with Gasteiger partial charge in [-0.3, -0.25) is 4.79 Å². The maximum atomic E-state index is 12.6.